The van der Waals surface area contributed by atoms with Crippen LogP contribution in [0.15, 0.2) is 18.3 Å². The van der Waals surface area contributed by atoms with Crippen LogP contribution in [0.2, 0.25) is 0 Å². The molecule has 0 bridgehead atoms. The average molecular weight is 340 g/mol. The van der Waals surface area contributed by atoms with Gasteiger partial charge in [-0.2, -0.15) is 5.10 Å². The first kappa shape index (κ1) is 17.8. The van der Waals surface area contributed by atoms with Crippen molar-refractivity contribution in [2.24, 2.45) is 7.05 Å². The van der Waals surface area contributed by atoms with Crippen LogP contribution in [-0.4, -0.2) is 27.8 Å². The van der Waals surface area contributed by atoms with Gasteiger partial charge in [-0.3, -0.25) is 4.68 Å². The van der Waals surface area contributed by atoms with E-state index in [9.17, 15) is 18.0 Å². The molecule has 24 heavy (non-hydrogen) atoms. The van der Waals surface area contributed by atoms with Gasteiger partial charge < -0.3 is 10.2 Å². The molecule has 1 aromatic carbocycles. The summed E-state index contributed by atoms with van der Waals surface area (Å²) < 4.78 is 41.0. The summed E-state index contributed by atoms with van der Waals surface area (Å²) in [6.07, 6.45) is 2.57. The highest BCUT2D eigenvalue weighted by Gasteiger charge is 2.15. The van der Waals surface area contributed by atoms with Gasteiger partial charge in [0.2, 0.25) is 0 Å². The van der Waals surface area contributed by atoms with Crippen LogP contribution in [0, 0.1) is 17.5 Å². The van der Waals surface area contributed by atoms with E-state index < -0.39 is 23.5 Å². The molecule has 2 amide bonds. The van der Waals surface area contributed by atoms with Crippen LogP contribution < -0.4 is 5.32 Å². The third kappa shape index (κ3) is 4.06. The minimum absolute atomic E-state index is 0.0480. The number of hydrogen-bond acceptors (Lipinski definition) is 2. The van der Waals surface area contributed by atoms with Crippen LogP contribution in [-0.2, 0) is 26.6 Å². The standard InChI is InChI=1S/C16H19F3N4O/c1-4-14-11(9-23(3)21-14)7-20-16(24)22(2)8-10-5-12(17)15(19)13(18)6-10/h5-6,9H,4,7-8H2,1-3H3,(H,20,24). The van der Waals surface area contributed by atoms with Crippen molar-refractivity contribution in [1.29, 1.82) is 0 Å². The summed E-state index contributed by atoms with van der Waals surface area (Å²) in [5, 5.41) is 7.00. The Kier molecular flexibility index (Phi) is 5.48. The number of amides is 2. The predicted molar refractivity (Wildman–Crippen MR) is 82.6 cm³/mol. The van der Waals surface area contributed by atoms with Crippen molar-refractivity contribution in [3.8, 4) is 0 Å². The van der Waals surface area contributed by atoms with Gasteiger partial charge in [0.05, 0.1) is 5.69 Å². The zero-order chi connectivity index (χ0) is 17.9. The van der Waals surface area contributed by atoms with E-state index in [4.69, 9.17) is 0 Å². The SMILES string of the molecule is CCc1nn(C)cc1CNC(=O)N(C)Cc1cc(F)c(F)c(F)c1. The highest BCUT2D eigenvalue weighted by atomic mass is 19.2. The third-order valence-electron chi connectivity index (χ3n) is 3.57. The Hall–Kier alpha value is -2.51. The molecule has 0 radical (unpaired) electrons. The normalized spacial score (nSPS) is 10.8. The quantitative estimate of drug-likeness (QED) is 0.851. The second kappa shape index (κ2) is 7.37. The van der Waals surface area contributed by atoms with Crippen molar-refractivity contribution in [2.75, 3.05) is 7.05 Å². The lowest BCUT2D eigenvalue weighted by atomic mass is 10.2. The Bertz CT molecular complexity index is 722. The molecular formula is C16H19F3N4O. The number of hydrogen-bond donors (Lipinski definition) is 1. The number of aromatic nitrogens is 2. The van der Waals surface area contributed by atoms with Crippen LogP contribution >= 0.6 is 0 Å². The third-order valence-corrected chi connectivity index (χ3v) is 3.57. The highest BCUT2D eigenvalue weighted by molar-refractivity contribution is 5.73. The molecule has 1 N–H and O–H groups in total. The van der Waals surface area contributed by atoms with Gasteiger partial charge in [-0.05, 0) is 24.1 Å². The molecule has 0 atom stereocenters. The largest absolute Gasteiger partial charge is 0.334 e. The maximum absolute atomic E-state index is 13.2. The Labute approximate surface area is 138 Å². The number of benzene rings is 1. The van der Waals surface area contributed by atoms with Crippen LogP contribution in [0.3, 0.4) is 0 Å². The lowest BCUT2D eigenvalue weighted by Crippen LogP contribution is -2.36. The van der Waals surface area contributed by atoms with Crippen molar-refractivity contribution in [3.05, 3.63) is 52.6 Å². The van der Waals surface area contributed by atoms with E-state index in [-0.39, 0.29) is 12.1 Å². The summed E-state index contributed by atoms with van der Waals surface area (Å²) in [6, 6.07) is 1.34. The molecule has 2 aromatic rings. The molecule has 8 heteroatoms. The van der Waals surface area contributed by atoms with E-state index in [1.807, 2.05) is 13.1 Å². The number of urea groups is 1. The second-order valence-electron chi connectivity index (χ2n) is 5.52. The fourth-order valence-corrected chi connectivity index (χ4v) is 2.38. The highest BCUT2D eigenvalue weighted by Crippen LogP contribution is 2.15. The minimum Gasteiger partial charge on any atom is -0.334 e. The fraction of sp³-hybridized carbons (Fsp3) is 0.375. The van der Waals surface area contributed by atoms with Gasteiger partial charge in [0, 0.05) is 38.9 Å². The molecule has 0 saturated heterocycles. The second-order valence-corrected chi connectivity index (χ2v) is 5.52. The van der Waals surface area contributed by atoms with E-state index >= 15 is 0 Å². The molecular weight excluding hydrogens is 321 g/mol. The molecule has 130 valence electrons. The number of halogens is 3. The first-order valence-corrected chi connectivity index (χ1v) is 7.45. The number of aryl methyl sites for hydroxylation is 2. The van der Waals surface area contributed by atoms with E-state index in [1.165, 1.54) is 11.9 Å². The van der Waals surface area contributed by atoms with Gasteiger partial charge in [0.25, 0.3) is 0 Å². The molecule has 1 aromatic heterocycles. The summed E-state index contributed by atoms with van der Waals surface area (Å²) in [6.45, 7) is 2.22. The molecule has 0 unspecified atom stereocenters. The van der Waals surface area contributed by atoms with E-state index in [0.29, 0.717) is 6.54 Å². The molecule has 0 fully saturated rings. The number of nitrogens with one attached hydrogen (secondary N) is 1. The van der Waals surface area contributed by atoms with Crippen LogP contribution in [0.5, 0.6) is 0 Å². The smallest absolute Gasteiger partial charge is 0.317 e. The monoisotopic (exact) mass is 340 g/mol. The Morgan fingerprint density at radius 1 is 1.29 bits per heavy atom. The first-order valence-electron chi connectivity index (χ1n) is 7.45. The van der Waals surface area contributed by atoms with E-state index in [2.05, 4.69) is 10.4 Å². The van der Waals surface area contributed by atoms with Crippen molar-refractivity contribution in [1.82, 2.24) is 20.0 Å². The Morgan fingerprint density at radius 2 is 1.92 bits per heavy atom. The Morgan fingerprint density at radius 3 is 2.50 bits per heavy atom. The molecule has 0 aliphatic rings. The van der Waals surface area contributed by atoms with E-state index in [1.54, 1.807) is 11.7 Å². The predicted octanol–water partition coefficient (Wildman–Crippen LogP) is 2.74. The van der Waals surface area contributed by atoms with Crippen molar-refractivity contribution >= 4 is 6.03 Å². The minimum atomic E-state index is -1.52. The molecule has 0 saturated carbocycles. The number of carbonyl (C=O) groups is 1. The van der Waals surface area contributed by atoms with Gasteiger partial charge >= 0.3 is 6.03 Å². The van der Waals surface area contributed by atoms with Gasteiger partial charge in [-0.1, -0.05) is 6.92 Å². The average Bonchev–Trinajstić information content (AvgIpc) is 2.90. The van der Waals surface area contributed by atoms with Crippen LogP contribution in [0.4, 0.5) is 18.0 Å². The molecule has 5 nitrogen and oxygen atoms in total. The molecule has 0 aliphatic heterocycles. The maximum atomic E-state index is 13.2. The molecule has 0 aliphatic carbocycles. The molecule has 1 heterocycles. The topological polar surface area (TPSA) is 50.2 Å². The lowest BCUT2D eigenvalue weighted by molar-refractivity contribution is 0.206. The summed E-state index contributed by atoms with van der Waals surface area (Å²) in [5.41, 5.74) is 1.96. The van der Waals surface area contributed by atoms with Crippen molar-refractivity contribution < 1.29 is 18.0 Å². The number of nitrogens with zero attached hydrogens (tertiary/aromatic N) is 3. The van der Waals surface area contributed by atoms with Gasteiger partial charge in [0.1, 0.15) is 0 Å². The zero-order valence-corrected chi connectivity index (χ0v) is 13.7. The summed E-state index contributed by atoms with van der Waals surface area (Å²) >= 11 is 0. The van der Waals surface area contributed by atoms with Crippen LogP contribution in [0.1, 0.15) is 23.7 Å². The van der Waals surface area contributed by atoms with Crippen molar-refractivity contribution in [2.45, 2.75) is 26.4 Å². The maximum Gasteiger partial charge on any atom is 0.317 e. The molecule has 0 spiro atoms. The van der Waals surface area contributed by atoms with Gasteiger partial charge in [0.15, 0.2) is 17.5 Å². The summed E-state index contributed by atoms with van der Waals surface area (Å²) in [5.74, 6) is -4.07. The summed E-state index contributed by atoms with van der Waals surface area (Å²) in [4.78, 5) is 13.3. The van der Waals surface area contributed by atoms with Gasteiger partial charge in [-0.25, -0.2) is 18.0 Å². The summed E-state index contributed by atoms with van der Waals surface area (Å²) in [7, 11) is 3.28. The number of carbonyl (C=O) groups excluding carboxylic acids is 1. The van der Waals surface area contributed by atoms with Crippen molar-refractivity contribution in [3.63, 3.8) is 0 Å². The first-order chi connectivity index (χ1) is 11.3. The zero-order valence-electron chi connectivity index (χ0n) is 13.7. The Balaban J connectivity index is 1.97. The fourth-order valence-electron chi connectivity index (χ4n) is 2.38. The van der Waals surface area contributed by atoms with Gasteiger partial charge in [-0.15, -0.1) is 0 Å². The molecule has 2 rings (SSSR count). The number of rotatable bonds is 5. The van der Waals surface area contributed by atoms with Crippen LogP contribution in [0.25, 0.3) is 0 Å². The van der Waals surface area contributed by atoms with E-state index in [0.717, 1.165) is 29.8 Å². The lowest BCUT2D eigenvalue weighted by Gasteiger charge is -2.18.